The molecular formula is C16H23N3O4. The van der Waals surface area contributed by atoms with Gasteiger partial charge in [0.2, 0.25) is 0 Å². The first-order valence-electron chi connectivity index (χ1n) is 7.89. The monoisotopic (exact) mass is 321 g/mol. The van der Waals surface area contributed by atoms with E-state index in [9.17, 15) is 14.4 Å². The second kappa shape index (κ2) is 7.39. The van der Waals surface area contributed by atoms with Gasteiger partial charge in [-0.05, 0) is 24.3 Å². The molecule has 0 aromatic carbocycles. The van der Waals surface area contributed by atoms with Crippen LogP contribution in [0.25, 0.3) is 0 Å². The van der Waals surface area contributed by atoms with Crippen LogP contribution in [0.2, 0.25) is 0 Å². The Balaban J connectivity index is 1.85. The molecule has 3 atom stereocenters. The summed E-state index contributed by atoms with van der Waals surface area (Å²) in [7, 11) is 1.44. The van der Waals surface area contributed by atoms with Crippen molar-refractivity contribution in [2.24, 2.45) is 18.9 Å². The van der Waals surface area contributed by atoms with Gasteiger partial charge < -0.3 is 10.1 Å². The number of carbonyl (C=O) groups excluding carboxylic acids is 2. The van der Waals surface area contributed by atoms with Crippen LogP contribution in [0.15, 0.2) is 16.9 Å². The predicted octanol–water partition coefficient (Wildman–Crippen LogP) is 0.878. The maximum Gasteiger partial charge on any atom is 0.359 e. The summed E-state index contributed by atoms with van der Waals surface area (Å²) in [4.78, 5) is 35.0. The third-order valence-electron chi connectivity index (χ3n) is 4.56. The SMILES string of the molecule is CC1CCCC(NC(=O)COC(=O)c2ccc(=O)n(C)n2)C1C. The number of esters is 1. The van der Waals surface area contributed by atoms with E-state index < -0.39 is 5.97 Å². The first-order chi connectivity index (χ1) is 10.9. The van der Waals surface area contributed by atoms with Crippen LogP contribution in [0.5, 0.6) is 0 Å². The topological polar surface area (TPSA) is 90.3 Å². The first-order valence-corrected chi connectivity index (χ1v) is 7.89. The minimum atomic E-state index is -0.721. The second-order valence-electron chi connectivity index (χ2n) is 6.20. The quantitative estimate of drug-likeness (QED) is 0.831. The smallest absolute Gasteiger partial charge is 0.359 e. The number of amides is 1. The van der Waals surface area contributed by atoms with E-state index in [2.05, 4.69) is 24.3 Å². The molecule has 7 heteroatoms. The third-order valence-corrected chi connectivity index (χ3v) is 4.56. The molecule has 126 valence electrons. The molecule has 1 N–H and O–H groups in total. The Kier molecular flexibility index (Phi) is 5.52. The van der Waals surface area contributed by atoms with Gasteiger partial charge in [0, 0.05) is 19.2 Å². The number of rotatable bonds is 4. The van der Waals surface area contributed by atoms with Crippen molar-refractivity contribution in [2.45, 2.75) is 39.2 Å². The zero-order valence-corrected chi connectivity index (χ0v) is 13.7. The Morgan fingerprint density at radius 3 is 2.78 bits per heavy atom. The fraction of sp³-hybridized carbons (Fsp3) is 0.625. The summed E-state index contributed by atoms with van der Waals surface area (Å²) < 4.78 is 6.00. The average Bonchev–Trinajstić information content (AvgIpc) is 2.52. The number of nitrogens with zero attached hydrogens (tertiary/aromatic N) is 2. The summed E-state index contributed by atoms with van der Waals surface area (Å²) in [6, 6.07) is 2.64. The number of ether oxygens (including phenoxy) is 1. The molecule has 3 unspecified atom stereocenters. The predicted molar refractivity (Wildman–Crippen MR) is 83.9 cm³/mol. The van der Waals surface area contributed by atoms with Crippen LogP contribution < -0.4 is 10.9 Å². The summed E-state index contributed by atoms with van der Waals surface area (Å²) in [6.07, 6.45) is 3.23. The van der Waals surface area contributed by atoms with E-state index in [1.54, 1.807) is 0 Å². The molecule has 0 saturated heterocycles. The standard InChI is InChI=1S/C16H23N3O4/c1-10-5-4-6-12(11(10)2)17-14(20)9-23-16(22)13-7-8-15(21)19(3)18-13/h7-8,10-12H,4-6,9H2,1-3H3,(H,17,20). The van der Waals surface area contributed by atoms with Gasteiger partial charge in [-0.3, -0.25) is 9.59 Å². The van der Waals surface area contributed by atoms with Crippen molar-refractivity contribution in [1.29, 1.82) is 0 Å². The van der Waals surface area contributed by atoms with E-state index in [4.69, 9.17) is 4.74 Å². The highest BCUT2D eigenvalue weighted by molar-refractivity contribution is 5.89. The van der Waals surface area contributed by atoms with E-state index in [-0.39, 0.29) is 29.8 Å². The van der Waals surface area contributed by atoms with Crippen molar-refractivity contribution in [3.63, 3.8) is 0 Å². The van der Waals surface area contributed by atoms with E-state index in [1.807, 2.05) is 0 Å². The van der Waals surface area contributed by atoms with Crippen LogP contribution >= 0.6 is 0 Å². The zero-order chi connectivity index (χ0) is 17.0. The fourth-order valence-electron chi connectivity index (χ4n) is 2.85. The summed E-state index contributed by atoms with van der Waals surface area (Å²) in [5.41, 5.74) is -0.320. The number of nitrogens with one attached hydrogen (secondary N) is 1. The van der Waals surface area contributed by atoms with E-state index in [0.717, 1.165) is 17.5 Å². The summed E-state index contributed by atoms with van der Waals surface area (Å²) in [5, 5.41) is 6.72. The Morgan fingerprint density at radius 2 is 2.09 bits per heavy atom. The summed E-state index contributed by atoms with van der Waals surface area (Å²) in [5.74, 6) is -0.0462. The average molecular weight is 321 g/mol. The molecule has 0 bridgehead atoms. The summed E-state index contributed by atoms with van der Waals surface area (Å²) >= 11 is 0. The lowest BCUT2D eigenvalue weighted by Gasteiger charge is -2.34. The van der Waals surface area contributed by atoms with Gasteiger partial charge in [0.15, 0.2) is 12.3 Å². The Hall–Kier alpha value is -2.18. The van der Waals surface area contributed by atoms with Gasteiger partial charge in [0.1, 0.15) is 0 Å². The molecule has 1 heterocycles. The van der Waals surface area contributed by atoms with E-state index >= 15 is 0 Å². The number of aromatic nitrogens is 2. The van der Waals surface area contributed by atoms with Crippen molar-refractivity contribution in [2.75, 3.05) is 6.61 Å². The maximum atomic E-state index is 12.0. The molecule has 1 aliphatic carbocycles. The van der Waals surface area contributed by atoms with E-state index in [0.29, 0.717) is 11.8 Å². The van der Waals surface area contributed by atoms with Crippen LogP contribution in [-0.2, 0) is 16.6 Å². The Bertz CT molecular complexity index is 640. The van der Waals surface area contributed by atoms with Crippen LogP contribution in [0.1, 0.15) is 43.6 Å². The minimum Gasteiger partial charge on any atom is -0.451 e. The van der Waals surface area contributed by atoms with Crippen molar-refractivity contribution in [3.8, 4) is 0 Å². The molecule has 1 aromatic rings. The molecule has 0 radical (unpaired) electrons. The molecule has 1 amide bonds. The third kappa shape index (κ3) is 4.40. The number of aryl methyl sites for hydroxylation is 1. The fourth-order valence-corrected chi connectivity index (χ4v) is 2.85. The maximum absolute atomic E-state index is 12.0. The van der Waals surface area contributed by atoms with E-state index in [1.165, 1.54) is 25.6 Å². The van der Waals surface area contributed by atoms with Crippen LogP contribution in [-0.4, -0.2) is 34.3 Å². The lowest BCUT2D eigenvalue weighted by Crippen LogP contribution is -2.45. The molecule has 0 spiro atoms. The van der Waals surface area contributed by atoms with Crippen LogP contribution in [0, 0.1) is 11.8 Å². The highest BCUT2D eigenvalue weighted by Gasteiger charge is 2.28. The van der Waals surface area contributed by atoms with Gasteiger partial charge in [0.05, 0.1) is 0 Å². The van der Waals surface area contributed by atoms with Crippen molar-refractivity contribution < 1.29 is 14.3 Å². The molecule has 1 fully saturated rings. The number of hydrogen-bond donors (Lipinski definition) is 1. The van der Waals surface area contributed by atoms with Gasteiger partial charge >= 0.3 is 5.97 Å². The zero-order valence-electron chi connectivity index (χ0n) is 13.7. The molecule has 1 saturated carbocycles. The van der Waals surface area contributed by atoms with Crippen LogP contribution in [0.3, 0.4) is 0 Å². The Labute approximate surface area is 135 Å². The molecule has 0 aliphatic heterocycles. The normalized spacial score (nSPS) is 24.0. The van der Waals surface area contributed by atoms with Crippen molar-refractivity contribution >= 4 is 11.9 Å². The minimum absolute atomic E-state index is 0.000410. The second-order valence-corrected chi connectivity index (χ2v) is 6.20. The lowest BCUT2D eigenvalue weighted by molar-refractivity contribution is -0.125. The molecule has 2 rings (SSSR count). The molecule has 1 aliphatic rings. The van der Waals surface area contributed by atoms with Gasteiger partial charge in [-0.15, -0.1) is 0 Å². The van der Waals surface area contributed by atoms with Crippen molar-refractivity contribution in [3.05, 3.63) is 28.2 Å². The first kappa shape index (κ1) is 17.2. The number of hydrogen-bond acceptors (Lipinski definition) is 5. The molecule has 1 aromatic heterocycles. The molecule has 23 heavy (non-hydrogen) atoms. The van der Waals surface area contributed by atoms with Gasteiger partial charge in [0.25, 0.3) is 11.5 Å². The highest BCUT2D eigenvalue weighted by atomic mass is 16.5. The molecule has 7 nitrogen and oxygen atoms in total. The van der Waals surface area contributed by atoms with Gasteiger partial charge in [-0.25, -0.2) is 9.48 Å². The van der Waals surface area contributed by atoms with Gasteiger partial charge in [-0.1, -0.05) is 26.7 Å². The number of carbonyl (C=O) groups is 2. The van der Waals surface area contributed by atoms with Crippen LogP contribution in [0.4, 0.5) is 0 Å². The highest BCUT2D eigenvalue weighted by Crippen LogP contribution is 2.29. The lowest BCUT2D eigenvalue weighted by atomic mass is 9.78. The molecular weight excluding hydrogens is 298 g/mol. The van der Waals surface area contributed by atoms with Crippen molar-refractivity contribution in [1.82, 2.24) is 15.1 Å². The largest absolute Gasteiger partial charge is 0.451 e. The Morgan fingerprint density at radius 1 is 1.35 bits per heavy atom. The van der Waals surface area contributed by atoms with Gasteiger partial charge in [-0.2, -0.15) is 5.10 Å². The summed E-state index contributed by atoms with van der Waals surface area (Å²) in [6.45, 7) is 3.98.